The number of aryl methyl sites for hydroxylation is 1. The van der Waals surface area contributed by atoms with Crippen molar-refractivity contribution in [1.82, 2.24) is 19.9 Å². The number of aromatic nitrogens is 3. The normalized spacial score (nSPS) is 21.4. The molecule has 1 fully saturated rings. The molecule has 3 heterocycles. The minimum Gasteiger partial charge on any atom is -0.309 e. The van der Waals surface area contributed by atoms with Gasteiger partial charge in [0.1, 0.15) is 0 Å². The highest BCUT2D eigenvalue weighted by Crippen LogP contribution is 2.22. The van der Waals surface area contributed by atoms with E-state index in [4.69, 9.17) is 0 Å². The Morgan fingerprint density at radius 2 is 2.38 bits per heavy atom. The smallest absolute Gasteiger partial charge is 0.155 e. The van der Waals surface area contributed by atoms with Crippen LogP contribution in [0.15, 0.2) is 18.3 Å². The van der Waals surface area contributed by atoms with Crippen molar-refractivity contribution in [3.63, 3.8) is 0 Å². The third kappa shape index (κ3) is 1.59. The Balaban J connectivity index is 2.01. The molecule has 0 spiro atoms. The molecule has 4 nitrogen and oxygen atoms in total. The number of piperidine rings is 1. The zero-order valence-electron chi connectivity index (χ0n) is 9.48. The minimum absolute atomic E-state index is 0.412. The molecule has 1 unspecified atom stereocenters. The van der Waals surface area contributed by atoms with Gasteiger partial charge in [-0.05, 0) is 32.4 Å². The van der Waals surface area contributed by atoms with Crippen molar-refractivity contribution in [2.45, 2.75) is 32.2 Å². The molecule has 0 aromatic carbocycles. The van der Waals surface area contributed by atoms with Gasteiger partial charge < -0.3 is 5.32 Å². The Morgan fingerprint density at radius 3 is 3.12 bits per heavy atom. The highest BCUT2D eigenvalue weighted by Gasteiger charge is 2.18. The van der Waals surface area contributed by atoms with Crippen LogP contribution in [-0.2, 0) is 0 Å². The second kappa shape index (κ2) is 3.87. The summed E-state index contributed by atoms with van der Waals surface area (Å²) in [7, 11) is 0. The molecule has 16 heavy (non-hydrogen) atoms. The third-order valence-corrected chi connectivity index (χ3v) is 3.23. The molecule has 1 saturated heterocycles. The van der Waals surface area contributed by atoms with Crippen LogP contribution in [0.3, 0.4) is 0 Å². The fourth-order valence-electron chi connectivity index (χ4n) is 2.31. The quantitative estimate of drug-likeness (QED) is 0.791. The van der Waals surface area contributed by atoms with Crippen LogP contribution < -0.4 is 5.32 Å². The number of hydrogen-bond donors (Lipinski definition) is 1. The SMILES string of the molecule is Cc1ccnc2cc(C3CCCCN3)nn12. The van der Waals surface area contributed by atoms with Crippen LogP contribution in [0.5, 0.6) is 0 Å². The number of rotatable bonds is 1. The Kier molecular flexibility index (Phi) is 2.36. The molecular formula is C12H16N4. The number of fused-ring (bicyclic) bond motifs is 1. The summed E-state index contributed by atoms with van der Waals surface area (Å²) in [6.45, 7) is 3.16. The van der Waals surface area contributed by atoms with Crippen LogP contribution in [0.25, 0.3) is 5.65 Å². The van der Waals surface area contributed by atoms with E-state index in [1.165, 1.54) is 19.3 Å². The lowest BCUT2D eigenvalue weighted by atomic mass is 10.0. The van der Waals surface area contributed by atoms with Crippen molar-refractivity contribution in [3.8, 4) is 0 Å². The van der Waals surface area contributed by atoms with Crippen molar-refractivity contribution < 1.29 is 0 Å². The van der Waals surface area contributed by atoms with Gasteiger partial charge in [0.05, 0.1) is 11.7 Å². The van der Waals surface area contributed by atoms with E-state index < -0.39 is 0 Å². The van der Waals surface area contributed by atoms with E-state index in [0.717, 1.165) is 23.6 Å². The molecule has 2 aromatic rings. The first-order valence-corrected chi connectivity index (χ1v) is 5.89. The maximum Gasteiger partial charge on any atom is 0.155 e. The largest absolute Gasteiger partial charge is 0.309 e. The molecule has 0 amide bonds. The van der Waals surface area contributed by atoms with Gasteiger partial charge >= 0.3 is 0 Å². The third-order valence-electron chi connectivity index (χ3n) is 3.23. The molecule has 1 aliphatic rings. The topological polar surface area (TPSA) is 42.2 Å². The second-order valence-electron chi connectivity index (χ2n) is 4.43. The zero-order valence-corrected chi connectivity index (χ0v) is 9.48. The first kappa shape index (κ1) is 9.78. The molecule has 84 valence electrons. The monoisotopic (exact) mass is 216 g/mol. The Hall–Kier alpha value is -1.42. The molecule has 1 atom stereocenters. The maximum absolute atomic E-state index is 4.63. The molecule has 2 aromatic heterocycles. The van der Waals surface area contributed by atoms with Gasteiger partial charge in [-0.25, -0.2) is 9.50 Å². The number of nitrogens with zero attached hydrogens (tertiary/aromatic N) is 3. The summed E-state index contributed by atoms with van der Waals surface area (Å²) in [4.78, 5) is 4.33. The summed E-state index contributed by atoms with van der Waals surface area (Å²) >= 11 is 0. The van der Waals surface area contributed by atoms with Gasteiger partial charge in [-0.15, -0.1) is 0 Å². The van der Waals surface area contributed by atoms with E-state index in [1.54, 1.807) is 0 Å². The van der Waals surface area contributed by atoms with Gasteiger partial charge in [-0.1, -0.05) is 6.42 Å². The predicted octanol–water partition coefficient (Wildman–Crippen LogP) is 1.85. The average Bonchev–Trinajstić information content (AvgIpc) is 2.76. The molecule has 0 aliphatic carbocycles. The lowest BCUT2D eigenvalue weighted by molar-refractivity contribution is 0.404. The van der Waals surface area contributed by atoms with Crippen LogP contribution in [0.4, 0.5) is 0 Å². The Bertz CT molecular complexity index is 497. The van der Waals surface area contributed by atoms with E-state index in [0.29, 0.717) is 6.04 Å². The molecule has 3 rings (SSSR count). The van der Waals surface area contributed by atoms with Crippen molar-refractivity contribution in [2.24, 2.45) is 0 Å². The van der Waals surface area contributed by atoms with Crippen molar-refractivity contribution >= 4 is 5.65 Å². The molecule has 1 N–H and O–H groups in total. The molecular weight excluding hydrogens is 200 g/mol. The van der Waals surface area contributed by atoms with Crippen LogP contribution in [0.1, 0.15) is 36.7 Å². The van der Waals surface area contributed by atoms with E-state index in [2.05, 4.69) is 28.4 Å². The lowest BCUT2D eigenvalue weighted by Gasteiger charge is -2.21. The van der Waals surface area contributed by atoms with E-state index in [1.807, 2.05) is 16.8 Å². The first-order valence-electron chi connectivity index (χ1n) is 5.89. The lowest BCUT2D eigenvalue weighted by Crippen LogP contribution is -2.27. The highest BCUT2D eigenvalue weighted by molar-refractivity contribution is 5.40. The van der Waals surface area contributed by atoms with Crippen LogP contribution in [0.2, 0.25) is 0 Å². The highest BCUT2D eigenvalue weighted by atomic mass is 15.3. The van der Waals surface area contributed by atoms with Crippen molar-refractivity contribution in [1.29, 1.82) is 0 Å². The molecule has 4 heteroatoms. The fourth-order valence-corrected chi connectivity index (χ4v) is 2.31. The molecule has 1 aliphatic heterocycles. The summed E-state index contributed by atoms with van der Waals surface area (Å²) in [6.07, 6.45) is 5.59. The van der Waals surface area contributed by atoms with E-state index in [-0.39, 0.29) is 0 Å². The summed E-state index contributed by atoms with van der Waals surface area (Å²) in [5.74, 6) is 0. The summed E-state index contributed by atoms with van der Waals surface area (Å²) in [6, 6.07) is 4.49. The van der Waals surface area contributed by atoms with Gasteiger partial charge in [0.15, 0.2) is 5.65 Å². The first-order chi connectivity index (χ1) is 7.84. The van der Waals surface area contributed by atoms with Crippen LogP contribution in [0, 0.1) is 6.92 Å². The minimum atomic E-state index is 0.412. The zero-order chi connectivity index (χ0) is 11.0. The summed E-state index contributed by atoms with van der Waals surface area (Å²) in [5, 5.41) is 8.14. The fraction of sp³-hybridized carbons (Fsp3) is 0.500. The molecule has 0 bridgehead atoms. The van der Waals surface area contributed by atoms with E-state index >= 15 is 0 Å². The van der Waals surface area contributed by atoms with Crippen LogP contribution >= 0.6 is 0 Å². The number of nitrogens with one attached hydrogen (secondary N) is 1. The maximum atomic E-state index is 4.63. The standard InChI is InChI=1S/C12H16N4/c1-9-5-7-14-12-8-11(15-16(9)12)10-4-2-3-6-13-10/h5,7-8,10,13H,2-4,6H2,1H3. The van der Waals surface area contributed by atoms with Gasteiger partial charge in [0, 0.05) is 18.0 Å². The summed E-state index contributed by atoms with van der Waals surface area (Å²) < 4.78 is 1.92. The second-order valence-corrected chi connectivity index (χ2v) is 4.43. The Labute approximate surface area is 94.7 Å². The van der Waals surface area contributed by atoms with Crippen molar-refractivity contribution in [3.05, 3.63) is 29.7 Å². The van der Waals surface area contributed by atoms with Crippen LogP contribution in [-0.4, -0.2) is 21.1 Å². The number of hydrogen-bond acceptors (Lipinski definition) is 3. The predicted molar refractivity (Wildman–Crippen MR) is 62.3 cm³/mol. The van der Waals surface area contributed by atoms with E-state index in [9.17, 15) is 0 Å². The Morgan fingerprint density at radius 1 is 1.44 bits per heavy atom. The molecule has 0 radical (unpaired) electrons. The van der Waals surface area contributed by atoms with Gasteiger partial charge in [0.25, 0.3) is 0 Å². The van der Waals surface area contributed by atoms with Gasteiger partial charge in [-0.3, -0.25) is 0 Å². The molecule has 0 saturated carbocycles. The van der Waals surface area contributed by atoms with Gasteiger partial charge in [0.2, 0.25) is 0 Å². The van der Waals surface area contributed by atoms with Crippen molar-refractivity contribution in [2.75, 3.05) is 6.54 Å². The average molecular weight is 216 g/mol. The van der Waals surface area contributed by atoms with Gasteiger partial charge in [-0.2, -0.15) is 5.10 Å². The summed E-state index contributed by atoms with van der Waals surface area (Å²) in [5.41, 5.74) is 3.20.